The van der Waals surface area contributed by atoms with Crippen LogP contribution in [0.2, 0.25) is 0 Å². The van der Waals surface area contributed by atoms with Crippen LogP contribution in [0.3, 0.4) is 0 Å². The number of benzene rings is 1. The number of aliphatic carboxylic acids is 2. The number of carboxylic acid groups (broad SMARTS) is 2. The molecule has 2 atom stereocenters. The van der Waals surface area contributed by atoms with Crippen molar-refractivity contribution in [3.63, 3.8) is 0 Å². The van der Waals surface area contributed by atoms with Gasteiger partial charge in [-0.3, -0.25) is 4.99 Å². The summed E-state index contributed by atoms with van der Waals surface area (Å²) in [6.45, 7) is 6.22. The van der Waals surface area contributed by atoms with Crippen LogP contribution >= 0.6 is 0 Å². The van der Waals surface area contributed by atoms with Gasteiger partial charge < -0.3 is 25.4 Å². The number of allylic oxidation sites excluding steroid dienone is 1. The van der Waals surface area contributed by atoms with Gasteiger partial charge in [0.05, 0.1) is 5.57 Å². The number of para-hydroxylation sites is 1. The van der Waals surface area contributed by atoms with E-state index in [0.29, 0.717) is 23.9 Å². The van der Waals surface area contributed by atoms with Gasteiger partial charge in [-0.1, -0.05) is 18.2 Å². The maximum atomic E-state index is 11.8. The van der Waals surface area contributed by atoms with Gasteiger partial charge in [0.15, 0.2) is 0 Å². The number of carboxylic acids is 2. The third kappa shape index (κ3) is 6.54. The molecule has 30 heavy (non-hydrogen) atoms. The molecule has 2 unspecified atom stereocenters. The fraction of sp³-hybridized carbons (Fsp3) is 0.381. The summed E-state index contributed by atoms with van der Waals surface area (Å²) in [7, 11) is 0. The van der Waals surface area contributed by atoms with E-state index in [4.69, 9.17) is 9.84 Å². The molecule has 1 aromatic carbocycles. The van der Waals surface area contributed by atoms with E-state index < -0.39 is 29.2 Å². The van der Waals surface area contributed by atoms with E-state index in [0.717, 1.165) is 0 Å². The molecule has 1 heterocycles. The first kappa shape index (κ1) is 25.6. The molecule has 1 aliphatic heterocycles. The van der Waals surface area contributed by atoms with Crippen molar-refractivity contribution in [2.24, 2.45) is 4.99 Å². The van der Waals surface area contributed by atoms with E-state index in [2.05, 4.69) is 10.3 Å². The van der Waals surface area contributed by atoms with Gasteiger partial charge in [0, 0.05) is 47.5 Å². The second-order valence-electron chi connectivity index (χ2n) is 7.70. The van der Waals surface area contributed by atoms with Crippen LogP contribution in [0, 0.1) is 0 Å². The number of aliphatic hydroxyl groups is 1. The Labute approximate surface area is 186 Å². The molecule has 0 spiro atoms. The maximum Gasteiger partial charge on any atom is 0.335 e. The Bertz CT molecular complexity index is 845. The molecule has 0 fully saturated rings. The number of hydrogen-bond acceptors (Lipinski definition) is 6. The predicted molar refractivity (Wildman–Crippen MR) is 114 cm³/mol. The van der Waals surface area contributed by atoms with E-state index in [9.17, 15) is 19.8 Å². The Morgan fingerprint density at radius 2 is 1.93 bits per heavy atom. The summed E-state index contributed by atoms with van der Waals surface area (Å²) in [6.07, 6.45) is 4.31. The first-order chi connectivity index (χ1) is 13.5. The number of aliphatic hydroxyl groups excluding tert-OH is 1. The summed E-state index contributed by atoms with van der Waals surface area (Å²) in [5.41, 5.74) is -1.74. The number of β-amino-alcohol motifs (C(OH)–C–C–N with tert-alkyl or cyclic N) is 1. The number of nitrogens with one attached hydrogen (secondary N) is 1. The molecule has 4 radical (unpaired) electrons. The van der Waals surface area contributed by atoms with Crippen molar-refractivity contribution in [1.29, 1.82) is 0 Å². The Kier molecular flexibility index (Phi) is 9.01. The maximum absolute atomic E-state index is 11.8. The van der Waals surface area contributed by atoms with E-state index in [1.165, 1.54) is 12.3 Å². The van der Waals surface area contributed by atoms with Crippen LogP contribution in [-0.4, -0.2) is 75.9 Å². The number of aliphatic imine (C=N–C) groups is 1. The molecule has 0 aromatic heterocycles. The number of rotatable bonds is 9. The molecule has 8 nitrogen and oxygen atoms in total. The Morgan fingerprint density at radius 1 is 1.27 bits per heavy atom. The van der Waals surface area contributed by atoms with Gasteiger partial charge in [0.2, 0.25) is 0 Å². The Morgan fingerprint density at radius 3 is 2.47 bits per heavy atom. The summed E-state index contributed by atoms with van der Waals surface area (Å²) >= 11 is 0. The second-order valence-corrected chi connectivity index (χ2v) is 7.70. The van der Waals surface area contributed by atoms with Crippen molar-refractivity contribution in [2.45, 2.75) is 38.0 Å². The smallest absolute Gasteiger partial charge is 0.335 e. The minimum Gasteiger partial charge on any atom is -0.490 e. The Balaban J connectivity index is 0.00000450. The fourth-order valence-corrected chi connectivity index (χ4v) is 2.88. The predicted octanol–water partition coefficient (Wildman–Crippen LogP) is 1.37. The van der Waals surface area contributed by atoms with Gasteiger partial charge in [0.1, 0.15) is 24.0 Å². The number of carbonyl (C=O) groups is 2. The van der Waals surface area contributed by atoms with Crippen LogP contribution in [0.4, 0.5) is 0 Å². The molecule has 0 saturated carbocycles. The summed E-state index contributed by atoms with van der Waals surface area (Å²) in [5, 5.41) is 32.1. The molecule has 2 rings (SSSR count). The van der Waals surface area contributed by atoms with Gasteiger partial charge in [-0.25, -0.2) is 9.59 Å². The van der Waals surface area contributed by atoms with Gasteiger partial charge in [-0.2, -0.15) is 0 Å². The zero-order valence-electron chi connectivity index (χ0n) is 17.1. The Hall–Kier alpha value is -2.43. The van der Waals surface area contributed by atoms with Gasteiger partial charge in [-0.15, -0.1) is 0 Å². The van der Waals surface area contributed by atoms with Crippen molar-refractivity contribution in [2.75, 3.05) is 13.2 Å². The van der Waals surface area contributed by atoms with E-state index in [1.807, 2.05) is 20.8 Å². The van der Waals surface area contributed by atoms with Gasteiger partial charge in [0.25, 0.3) is 0 Å². The average Bonchev–Trinajstić information content (AvgIpc) is 3.12. The molecular formula is C21H26GeN2O6. The van der Waals surface area contributed by atoms with E-state index in [1.54, 1.807) is 30.3 Å². The third-order valence-corrected chi connectivity index (χ3v) is 4.21. The van der Waals surface area contributed by atoms with Crippen LogP contribution < -0.4 is 10.1 Å². The molecule has 0 bridgehead atoms. The number of hydrogen-bond donors (Lipinski definition) is 4. The zero-order chi connectivity index (χ0) is 21.7. The molecule has 160 valence electrons. The summed E-state index contributed by atoms with van der Waals surface area (Å²) in [5.74, 6) is -2.48. The molecule has 0 saturated heterocycles. The van der Waals surface area contributed by atoms with Crippen LogP contribution in [0.1, 0.15) is 26.3 Å². The fourth-order valence-electron chi connectivity index (χ4n) is 2.88. The first-order valence-electron chi connectivity index (χ1n) is 9.12. The minimum atomic E-state index is -1.53. The standard InChI is InChI=1S/C21H26N2O6.Ge/c1-20(2,3)23-12-14(24)13-29-17-8-5-4-7-15(17)21(9-6-10-22-21)16(19(27)28)11-18(25)26;/h4-11,14,23-24H,12-13H2,1-3H3,(H,25,26)(H,27,28);. The SMILES string of the molecule is CC(C)(C)NCC(O)COc1ccccc1C1(C(=CC(=O)O)C(=O)O)C=CC=N1.[Ge]. The molecular weight excluding hydrogens is 449 g/mol. The average molecular weight is 475 g/mol. The molecule has 4 N–H and O–H groups in total. The largest absolute Gasteiger partial charge is 0.490 e. The zero-order valence-corrected chi connectivity index (χ0v) is 19.2. The first-order valence-corrected chi connectivity index (χ1v) is 9.12. The van der Waals surface area contributed by atoms with E-state index >= 15 is 0 Å². The third-order valence-electron chi connectivity index (χ3n) is 4.21. The number of nitrogens with zero attached hydrogens (tertiary/aromatic N) is 1. The van der Waals surface area contributed by atoms with Crippen LogP contribution in [0.25, 0.3) is 0 Å². The number of ether oxygens (including phenoxy) is 1. The summed E-state index contributed by atoms with van der Waals surface area (Å²) in [6, 6.07) is 6.64. The molecule has 0 amide bonds. The van der Waals surface area contributed by atoms with Gasteiger partial charge >= 0.3 is 11.9 Å². The van der Waals surface area contributed by atoms with Crippen molar-refractivity contribution in [3.8, 4) is 5.75 Å². The summed E-state index contributed by atoms with van der Waals surface area (Å²) in [4.78, 5) is 27.3. The van der Waals surface area contributed by atoms with Gasteiger partial charge in [-0.05, 0) is 39.0 Å². The molecule has 1 aliphatic rings. The molecule has 0 aliphatic carbocycles. The van der Waals surface area contributed by atoms with Crippen molar-refractivity contribution < 1.29 is 29.6 Å². The van der Waals surface area contributed by atoms with Crippen LogP contribution in [0.15, 0.2) is 53.1 Å². The van der Waals surface area contributed by atoms with Crippen molar-refractivity contribution in [3.05, 3.63) is 53.6 Å². The summed E-state index contributed by atoms with van der Waals surface area (Å²) < 4.78 is 5.77. The molecule has 9 heteroatoms. The second kappa shape index (κ2) is 10.6. The van der Waals surface area contributed by atoms with Crippen molar-refractivity contribution >= 4 is 35.7 Å². The van der Waals surface area contributed by atoms with E-state index in [-0.39, 0.29) is 29.7 Å². The topological polar surface area (TPSA) is 128 Å². The van der Waals surface area contributed by atoms with Crippen LogP contribution in [0.5, 0.6) is 5.75 Å². The molecule has 1 aromatic rings. The quantitative estimate of drug-likeness (QED) is 0.314. The minimum absolute atomic E-state index is 0. The monoisotopic (exact) mass is 476 g/mol. The van der Waals surface area contributed by atoms with Crippen molar-refractivity contribution in [1.82, 2.24) is 5.32 Å². The normalized spacial score (nSPS) is 19.3. The van der Waals surface area contributed by atoms with Crippen LogP contribution in [-0.2, 0) is 15.1 Å².